The van der Waals surface area contributed by atoms with Gasteiger partial charge in [0.2, 0.25) is 0 Å². The van der Waals surface area contributed by atoms with Gasteiger partial charge >= 0.3 is 0 Å². The maximum atomic E-state index is 11.7. The van der Waals surface area contributed by atoms with Crippen molar-refractivity contribution in [1.82, 2.24) is 0 Å². The van der Waals surface area contributed by atoms with Gasteiger partial charge in [-0.25, -0.2) is 0 Å². The molecule has 21 heavy (non-hydrogen) atoms. The van der Waals surface area contributed by atoms with E-state index in [1.54, 1.807) is 0 Å². The molecule has 0 atom stereocenters. The molecule has 0 unspecified atom stereocenters. The highest BCUT2D eigenvalue weighted by molar-refractivity contribution is 5.83. The number of benzene rings is 2. The average molecular weight is 276 g/mol. The SMILES string of the molecule is O=CC1(C=C(c2ccccc2)c2ccccc2)CCCC1. The van der Waals surface area contributed by atoms with E-state index in [-0.39, 0.29) is 5.41 Å². The summed E-state index contributed by atoms with van der Waals surface area (Å²) in [7, 11) is 0. The van der Waals surface area contributed by atoms with Crippen LogP contribution >= 0.6 is 0 Å². The topological polar surface area (TPSA) is 17.1 Å². The first-order valence-electron chi connectivity index (χ1n) is 7.63. The van der Waals surface area contributed by atoms with Crippen molar-refractivity contribution in [1.29, 1.82) is 0 Å². The molecule has 106 valence electrons. The zero-order valence-electron chi connectivity index (χ0n) is 12.2. The Kier molecular flexibility index (Phi) is 4.01. The summed E-state index contributed by atoms with van der Waals surface area (Å²) >= 11 is 0. The molecule has 1 aliphatic rings. The van der Waals surface area contributed by atoms with Crippen LogP contribution in [0.3, 0.4) is 0 Å². The summed E-state index contributed by atoms with van der Waals surface area (Å²) in [5.41, 5.74) is 3.25. The summed E-state index contributed by atoms with van der Waals surface area (Å²) in [5.74, 6) is 0. The van der Waals surface area contributed by atoms with Crippen molar-refractivity contribution in [3.05, 3.63) is 77.9 Å². The predicted molar refractivity (Wildman–Crippen MR) is 86.9 cm³/mol. The van der Waals surface area contributed by atoms with E-state index < -0.39 is 0 Å². The molecule has 1 nitrogen and oxygen atoms in total. The fraction of sp³-hybridized carbons (Fsp3) is 0.250. The highest BCUT2D eigenvalue weighted by Crippen LogP contribution is 2.40. The van der Waals surface area contributed by atoms with E-state index >= 15 is 0 Å². The van der Waals surface area contributed by atoms with Gasteiger partial charge in [0.1, 0.15) is 6.29 Å². The molecule has 0 bridgehead atoms. The Hall–Kier alpha value is -2.15. The van der Waals surface area contributed by atoms with Crippen LogP contribution in [0, 0.1) is 5.41 Å². The van der Waals surface area contributed by atoms with Crippen LogP contribution < -0.4 is 0 Å². The van der Waals surface area contributed by atoms with Gasteiger partial charge in [0.15, 0.2) is 0 Å². The first-order chi connectivity index (χ1) is 10.3. The van der Waals surface area contributed by atoms with Gasteiger partial charge < -0.3 is 4.79 Å². The van der Waals surface area contributed by atoms with Crippen LogP contribution in [0.25, 0.3) is 5.57 Å². The third-order valence-electron chi connectivity index (χ3n) is 4.37. The highest BCUT2D eigenvalue weighted by atomic mass is 16.1. The smallest absolute Gasteiger partial charge is 0.129 e. The molecule has 0 amide bonds. The second-order valence-electron chi connectivity index (χ2n) is 5.85. The lowest BCUT2D eigenvalue weighted by molar-refractivity contribution is -0.113. The van der Waals surface area contributed by atoms with E-state index in [1.165, 1.54) is 16.7 Å². The van der Waals surface area contributed by atoms with Crippen molar-refractivity contribution in [2.45, 2.75) is 25.7 Å². The molecule has 0 N–H and O–H groups in total. The van der Waals surface area contributed by atoms with E-state index in [0.717, 1.165) is 32.0 Å². The maximum absolute atomic E-state index is 11.7. The minimum atomic E-state index is -0.277. The number of allylic oxidation sites excluding steroid dienone is 1. The molecule has 0 aromatic heterocycles. The normalized spacial score (nSPS) is 16.4. The zero-order chi connectivity index (χ0) is 14.5. The second kappa shape index (κ2) is 6.09. The Morgan fingerprint density at radius 3 is 1.71 bits per heavy atom. The molecule has 1 aliphatic carbocycles. The van der Waals surface area contributed by atoms with Crippen LogP contribution in [0.5, 0.6) is 0 Å². The molecule has 3 rings (SSSR count). The van der Waals surface area contributed by atoms with Gasteiger partial charge in [-0.2, -0.15) is 0 Å². The van der Waals surface area contributed by atoms with Gasteiger partial charge in [-0.1, -0.05) is 79.6 Å². The van der Waals surface area contributed by atoms with Crippen molar-refractivity contribution >= 4 is 11.9 Å². The quantitative estimate of drug-likeness (QED) is 0.727. The summed E-state index contributed by atoms with van der Waals surface area (Å²) in [4.78, 5) is 11.7. The van der Waals surface area contributed by atoms with Gasteiger partial charge in [0.05, 0.1) is 0 Å². The van der Waals surface area contributed by atoms with Gasteiger partial charge in [-0.05, 0) is 29.5 Å². The van der Waals surface area contributed by atoms with Crippen LogP contribution in [0.15, 0.2) is 66.7 Å². The Morgan fingerprint density at radius 2 is 1.29 bits per heavy atom. The summed E-state index contributed by atoms with van der Waals surface area (Å²) in [6, 6.07) is 20.7. The molecular formula is C20H20O. The lowest BCUT2D eigenvalue weighted by Crippen LogP contribution is -2.15. The third kappa shape index (κ3) is 2.97. The van der Waals surface area contributed by atoms with Crippen LogP contribution in [-0.2, 0) is 4.79 Å². The van der Waals surface area contributed by atoms with Crippen molar-refractivity contribution in [3.8, 4) is 0 Å². The summed E-state index contributed by atoms with van der Waals surface area (Å²) in [5, 5.41) is 0. The number of hydrogen-bond donors (Lipinski definition) is 0. The number of rotatable bonds is 4. The minimum absolute atomic E-state index is 0.277. The lowest BCUT2D eigenvalue weighted by atomic mass is 9.83. The standard InChI is InChI=1S/C20H20O/c21-16-20(13-7-8-14-20)15-19(17-9-3-1-4-10-17)18-11-5-2-6-12-18/h1-6,9-12,15-16H,7-8,13-14H2. The fourth-order valence-corrected chi connectivity index (χ4v) is 3.19. The Bertz CT molecular complexity index is 578. The van der Waals surface area contributed by atoms with E-state index in [2.05, 4.69) is 30.3 Å². The number of carbonyl (C=O) groups is 1. The summed E-state index contributed by atoms with van der Waals surface area (Å²) in [6.45, 7) is 0. The zero-order valence-corrected chi connectivity index (χ0v) is 12.2. The minimum Gasteiger partial charge on any atom is -0.302 e. The first kappa shape index (κ1) is 13.8. The molecule has 0 saturated heterocycles. The fourth-order valence-electron chi connectivity index (χ4n) is 3.19. The van der Waals surface area contributed by atoms with Crippen LogP contribution in [0.1, 0.15) is 36.8 Å². The second-order valence-corrected chi connectivity index (χ2v) is 5.85. The van der Waals surface area contributed by atoms with E-state index in [1.807, 2.05) is 36.4 Å². The molecule has 0 aliphatic heterocycles. The number of aldehydes is 1. The molecular weight excluding hydrogens is 256 g/mol. The first-order valence-corrected chi connectivity index (χ1v) is 7.63. The van der Waals surface area contributed by atoms with Crippen LogP contribution in [-0.4, -0.2) is 6.29 Å². The molecule has 1 saturated carbocycles. The number of carbonyl (C=O) groups excluding carboxylic acids is 1. The van der Waals surface area contributed by atoms with Crippen LogP contribution in [0.4, 0.5) is 0 Å². The Morgan fingerprint density at radius 1 is 0.810 bits per heavy atom. The van der Waals surface area contributed by atoms with E-state index in [9.17, 15) is 4.79 Å². The molecule has 2 aromatic carbocycles. The monoisotopic (exact) mass is 276 g/mol. The largest absolute Gasteiger partial charge is 0.302 e. The molecule has 2 aromatic rings. The number of hydrogen-bond acceptors (Lipinski definition) is 1. The van der Waals surface area contributed by atoms with Gasteiger partial charge in [-0.3, -0.25) is 0 Å². The molecule has 0 radical (unpaired) electrons. The maximum Gasteiger partial charge on any atom is 0.129 e. The van der Waals surface area contributed by atoms with Crippen molar-refractivity contribution in [2.24, 2.45) is 5.41 Å². The van der Waals surface area contributed by atoms with Crippen LogP contribution in [0.2, 0.25) is 0 Å². The predicted octanol–water partition coefficient (Wildman–Crippen LogP) is 4.88. The molecule has 1 heteroatoms. The van der Waals surface area contributed by atoms with Crippen molar-refractivity contribution in [3.63, 3.8) is 0 Å². The molecule has 0 spiro atoms. The lowest BCUT2D eigenvalue weighted by Gasteiger charge is -2.20. The Balaban J connectivity index is 2.11. The third-order valence-corrected chi connectivity index (χ3v) is 4.37. The highest BCUT2D eigenvalue weighted by Gasteiger charge is 2.32. The van der Waals surface area contributed by atoms with Gasteiger partial charge in [-0.15, -0.1) is 0 Å². The molecule has 0 heterocycles. The Labute approximate surface area is 126 Å². The van der Waals surface area contributed by atoms with E-state index in [4.69, 9.17) is 0 Å². The summed E-state index contributed by atoms with van der Waals surface area (Å²) in [6.07, 6.45) is 7.60. The van der Waals surface area contributed by atoms with E-state index in [0.29, 0.717) is 0 Å². The average Bonchev–Trinajstić information content (AvgIpc) is 3.04. The summed E-state index contributed by atoms with van der Waals surface area (Å²) < 4.78 is 0. The van der Waals surface area contributed by atoms with Gasteiger partial charge in [0, 0.05) is 5.41 Å². The van der Waals surface area contributed by atoms with Crippen molar-refractivity contribution in [2.75, 3.05) is 0 Å². The van der Waals surface area contributed by atoms with Gasteiger partial charge in [0.25, 0.3) is 0 Å². The molecule has 1 fully saturated rings. The van der Waals surface area contributed by atoms with Crippen molar-refractivity contribution < 1.29 is 4.79 Å².